The molecule has 0 bridgehead atoms. The third kappa shape index (κ3) is 4.45. The molecule has 0 aliphatic rings. The zero-order chi connectivity index (χ0) is 18.5. The van der Waals surface area contributed by atoms with Gasteiger partial charge in [-0.15, -0.1) is 11.3 Å². The van der Waals surface area contributed by atoms with Crippen LogP contribution in [0.15, 0.2) is 67.3 Å². The molecule has 7 heteroatoms. The highest BCUT2D eigenvalue weighted by Crippen LogP contribution is 2.22. The van der Waals surface area contributed by atoms with E-state index in [9.17, 15) is 4.79 Å². The van der Waals surface area contributed by atoms with Crippen molar-refractivity contribution in [1.29, 1.82) is 0 Å². The molecule has 0 atom stereocenters. The average Bonchev–Trinajstić information content (AvgIpc) is 3.35. The van der Waals surface area contributed by atoms with Crippen molar-refractivity contribution in [1.82, 2.24) is 25.1 Å². The quantitative estimate of drug-likeness (QED) is 0.525. The van der Waals surface area contributed by atoms with Crippen LogP contribution >= 0.6 is 11.3 Å². The first-order chi connectivity index (χ1) is 13.3. The van der Waals surface area contributed by atoms with Crippen LogP contribution < -0.4 is 5.32 Å². The molecule has 4 rings (SSSR count). The molecule has 4 aromatic rings. The smallest absolute Gasteiger partial charge is 0.244 e. The minimum Gasteiger partial charge on any atom is -0.348 e. The van der Waals surface area contributed by atoms with Crippen LogP contribution in [0, 0.1) is 0 Å². The van der Waals surface area contributed by atoms with Crippen molar-refractivity contribution >= 4 is 33.5 Å². The van der Waals surface area contributed by atoms with Crippen LogP contribution in [-0.4, -0.2) is 25.7 Å². The van der Waals surface area contributed by atoms with Crippen LogP contribution in [0.5, 0.6) is 0 Å². The first kappa shape index (κ1) is 17.1. The summed E-state index contributed by atoms with van der Waals surface area (Å²) < 4.78 is 2.88. The molecule has 0 spiro atoms. The number of para-hydroxylation sites is 1. The lowest BCUT2D eigenvalue weighted by atomic mass is 10.1. The minimum atomic E-state index is -0.138. The van der Waals surface area contributed by atoms with E-state index in [4.69, 9.17) is 0 Å². The maximum absolute atomic E-state index is 12.0. The standard InChI is InChI=1S/C20H17N5OS/c26-19(9-10-20-24-17-3-1-2-4-18(17)27-20)22-11-15-5-7-16(8-6-15)12-25-14-21-13-23-25/h1-10,13-14H,11-12H2,(H,22,26)/b10-9+. The van der Waals surface area contributed by atoms with Gasteiger partial charge in [0.25, 0.3) is 0 Å². The number of nitrogens with zero attached hydrogens (tertiary/aromatic N) is 4. The average molecular weight is 375 g/mol. The van der Waals surface area contributed by atoms with Gasteiger partial charge in [0.1, 0.15) is 17.7 Å². The van der Waals surface area contributed by atoms with E-state index in [1.807, 2.05) is 48.5 Å². The van der Waals surface area contributed by atoms with Crippen molar-refractivity contribution in [3.63, 3.8) is 0 Å². The number of carbonyl (C=O) groups is 1. The maximum atomic E-state index is 12.0. The summed E-state index contributed by atoms with van der Waals surface area (Å²) in [6.07, 6.45) is 6.48. The van der Waals surface area contributed by atoms with Crippen molar-refractivity contribution in [3.05, 3.63) is 83.4 Å². The van der Waals surface area contributed by atoms with E-state index >= 15 is 0 Å². The predicted octanol–water partition coefficient (Wildman–Crippen LogP) is 3.27. The number of hydrogen-bond acceptors (Lipinski definition) is 5. The summed E-state index contributed by atoms with van der Waals surface area (Å²) in [5.74, 6) is -0.138. The second kappa shape index (κ2) is 7.92. The second-order valence-electron chi connectivity index (χ2n) is 5.98. The number of thiazole rings is 1. The van der Waals surface area contributed by atoms with Crippen molar-refractivity contribution < 1.29 is 4.79 Å². The van der Waals surface area contributed by atoms with Crippen LogP contribution in [0.2, 0.25) is 0 Å². The molecular weight excluding hydrogens is 358 g/mol. The molecule has 0 aliphatic heterocycles. The monoisotopic (exact) mass is 375 g/mol. The SMILES string of the molecule is O=C(/C=C/c1nc2ccccc2s1)NCc1ccc(Cn2cncn2)cc1. The lowest BCUT2D eigenvalue weighted by molar-refractivity contribution is -0.116. The lowest BCUT2D eigenvalue weighted by Crippen LogP contribution is -2.20. The van der Waals surface area contributed by atoms with Gasteiger partial charge < -0.3 is 5.32 Å². The Morgan fingerprint density at radius 1 is 1.11 bits per heavy atom. The first-order valence-electron chi connectivity index (χ1n) is 8.48. The Kier molecular flexibility index (Phi) is 5.02. The van der Waals surface area contributed by atoms with Crippen molar-refractivity contribution in [2.75, 3.05) is 0 Å². The number of benzene rings is 2. The molecule has 1 amide bonds. The van der Waals surface area contributed by atoms with Crippen molar-refractivity contribution in [2.45, 2.75) is 13.1 Å². The fraction of sp³-hybridized carbons (Fsp3) is 0.100. The molecule has 134 valence electrons. The van der Waals surface area contributed by atoms with Crippen molar-refractivity contribution in [3.8, 4) is 0 Å². The minimum absolute atomic E-state index is 0.138. The molecule has 0 unspecified atom stereocenters. The molecule has 0 saturated heterocycles. The summed E-state index contributed by atoms with van der Waals surface area (Å²) >= 11 is 1.57. The van der Waals surface area contributed by atoms with Gasteiger partial charge in [0.2, 0.25) is 5.91 Å². The van der Waals surface area contributed by atoms with Crippen LogP contribution in [-0.2, 0) is 17.9 Å². The highest BCUT2D eigenvalue weighted by molar-refractivity contribution is 7.19. The molecule has 27 heavy (non-hydrogen) atoms. The lowest BCUT2D eigenvalue weighted by Gasteiger charge is -2.05. The Morgan fingerprint density at radius 3 is 2.70 bits per heavy atom. The van der Waals surface area contributed by atoms with Gasteiger partial charge in [-0.05, 0) is 29.3 Å². The Morgan fingerprint density at radius 2 is 1.93 bits per heavy atom. The summed E-state index contributed by atoms with van der Waals surface area (Å²) in [5.41, 5.74) is 3.12. The van der Waals surface area contributed by atoms with Crippen LogP contribution in [0.4, 0.5) is 0 Å². The number of hydrogen-bond donors (Lipinski definition) is 1. The Balaban J connectivity index is 1.30. The maximum Gasteiger partial charge on any atom is 0.244 e. The van der Waals surface area contributed by atoms with E-state index in [1.165, 1.54) is 12.4 Å². The molecule has 0 aliphatic carbocycles. The van der Waals surface area contributed by atoms with Gasteiger partial charge in [0.05, 0.1) is 16.8 Å². The normalized spacial score (nSPS) is 11.3. The van der Waals surface area contributed by atoms with E-state index in [2.05, 4.69) is 20.4 Å². The number of aromatic nitrogens is 4. The molecule has 1 N–H and O–H groups in total. The van der Waals surface area contributed by atoms with E-state index in [-0.39, 0.29) is 5.91 Å². The summed E-state index contributed by atoms with van der Waals surface area (Å²) in [4.78, 5) is 20.5. The molecule has 2 heterocycles. The second-order valence-corrected chi connectivity index (χ2v) is 7.04. The number of carbonyl (C=O) groups excluding carboxylic acids is 1. The molecule has 2 aromatic heterocycles. The van der Waals surface area contributed by atoms with E-state index in [0.29, 0.717) is 13.1 Å². The third-order valence-electron chi connectivity index (χ3n) is 3.99. The van der Waals surface area contributed by atoms with Gasteiger partial charge >= 0.3 is 0 Å². The molecule has 0 fully saturated rings. The van der Waals surface area contributed by atoms with Crippen LogP contribution in [0.1, 0.15) is 16.1 Å². The molecule has 0 radical (unpaired) electrons. The van der Waals surface area contributed by atoms with Crippen molar-refractivity contribution in [2.24, 2.45) is 0 Å². The Bertz CT molecular complexity index is 1030. The molecule has 0 saturated carbocycles. The van der Waals surface area contributed by atoms with E-state index in [0.717, 1.165) is 26.4 Å². The van der Waals surface area contributed by atoms with Gasteiger partial charge in [-0.2, -0.15) is 5.10 Å². The van der Waals surface area contributed by atoms with E-state index in [1.54, 1.807) is 28.4 Å². The summed E-state index contributed by atoms with van der Waals surface area (Å²) in [7, 11) is 0. The van der Waals surface area contributed by atoms with Crippen LogP contribution in [0.25, 0.3) is 16.3 Å². The zero-order valence-corrected chi connectivity index (χ0v) is 15.3. The summed E-state index contributed by atoms with van der Waals surface area (Å²) in [6, 6.07) is 16.0. The number of nitrogens with one attached hydrogen (secondary N) is 1. The first-order valence-corrected chi connectivity index (χ1v) is 9.30. The van der Waals surface area contributed by atoms with Crippen LogP contribution in [0.3, 0.4) is 0 Å². The summed E-state index contributed by atoms with van der Waals surface area (Å²) in [6.45, 7) is 1.16. The zero-order valence-electron chi connectivity index (χ0n) is 14.4. The number of fused-ring (bicyclic) bond motifs is 1. The number of amides is 1. The molecular formula is C20H17N5OS. The third-order valence-corrected chi connectivity index (χ3v) is 4.99. The van der Waals surface area contributed by atoms with Gasteiger partial charge in [0.15, 0.2) is 0 Å². The Labute approximate surface area is 160 Å². The van der Waals surface area contributed by atoms with Gasteiger partial charge in [0, 0.05) is 12.6 Å². The fourth-order valence-electron chi connectivity index (χ4n) is 2.62. The topological polar surface area (TPSA) is 72.7 Å². The largest absolute Gasteiger partial charge is 0.348 e. The summed E-state index contributed by atoms with van der Waals surface area (Å²) in [5, 5.41) is 7.80. The van der Waals surface area contributed by atoms with Gasteiger partial charge in [-0.3, -0.25) is 4.79 Å². The van der Waals surface area contributed by atoms with E-state index < -0.39 is 0 Å². The molecule has 2 aromatic carbocycles. The fourth-order valence-corrected chi connectivity index (χ4v) is 3.49. The van der Waals surface area contributed by atoms with Gasteiger partial charge in [-0.1, -0.05) is 36.4 Å². The predicted molar refractivity (Wildman–Crippen MR) is 106 cm³/mol. The Hall–Kier alpha value is -3.32. The highest BCUT2D eigenvalue weighted by atomic mass is 32.1. The van der Waals surface area contributed by atoms with Gasteiger partial charge in [-0.25, -0.2) is 14.6 Å². The number of rotatable bonds is 6. The highest BCUT2D eigenvalue weighted by Gasteiger charge is 2.02. The molecule has 6 nitrogen and oxygen atoms in total.